The van der Waals surface area contributed by atoms with Crippen LogP contribution in [0, 0.1) is 0 Å². The molecule has 3 aromatic rings. The van der Waals surface area contributed by atoms with Gasteiger partial charge in [-0.1, -0.05) is 60.7 Å². The van der Waals surface area contributed by atoms with Crippen LogP contribution in [0.3, 0.4) is 0 Å². The number of carbonyl (C=O) groups excluding carboxylic acids is 2. The van der Waals surface area contributed by atoms with E-state index in [1.54, 1.807) is 0 Å². The Balaban J connectivity index is 1.34. The smallest absolute Gasteiger partial charge is 0.346 e. The van der Waals surface area contributed by atoms with Gasteiger partial charge in [0, 0.05) is 25.7 Å². The summed E-state index contributed by atoms with van der Waals surface area (Å²) in [5.41, 5.74) is -3.02. The Morgan fingerprint density at radius 3 is 1.91 bits per heavy atom. The number of rotatable bonds is 7. The van der Waals surface area contributed by atoms with E-state index in [1.807, 2.05) is 79.4 Å². The average molecular weight is 660 g/mol. The second-order valence-corrected chi connectivity index (χ2v) is 13.2. The third-order valence-electron chi connectivity index (χ3n) is 9.84. The number of amides is 2. The maximum atomic E-state index is 13.9. The Labute approximate surface area is 270 Å². The van der Waals surface area contributed by atoms with Gasteiger partial charge in [-0.3, -0.25) is 14.5 Å². The van der Waals surface area contributed by atoms with Crippen LogP contribution >= 0.6 is 0 Å². The number of carbonyl (C=O) groups is 2. The fourth-order valence-electron chi connectivity index (χ4n) is 6.90. The minimum atomic E-state index is -5.02. The summed E-state index contributed by atoms with van der Waals surface area (Å²) in [5, 5.41) is 3.04. The van der Waals surface area contributed by atoms with Crippen molar-refractivity contribution in [3.8, 4) is 0 Å². The van der Waals surface area contributed by atoms with Crippen molar-refractivity contribution in [3.05, 3.63) is 107 Å². The van der Waals surface area contributed by atoms with Crippen molar-refractivity contribution in [1.29, 1.82) is 0 Å². The summed E-state index contributed by atoms with van der Waals surface area (Å²) in [5.74, 6) is -1.94. The second-order valence-electron chi connectivity index (χ2n) is 13.2. The maximum Gasteiger partial charge on any atom is 0.416 e. The summed E-state index contributed by atoms with van der Waals surface area (Å²) in [6, 6.07) is 20.3. The van der Waals surface area contributed by atoms with E-state index >= 15 is 0 Å². The molecule has 1 atom stereocenters. The number of nitrogens with one attached hydrogen (secondary N) is 1. The van der Waals surface area contributed by atoms with Crippen LogP contribution in [0.5, 0.6) is 0 Å². The lowest BCUT2D eigenvalue weighted by molar-refractivity contribution is -0.154. The van der Waals surface area contributed by atoms with E-state index in [1.165, 1.54) is 6.92 Å². The van der Waals surface area contributed by atoms with Gasteiger partial charge in [0.1, 0.15) is 0 Å². The standard InChI is InChI=1S/C36H39F6N3O2/c1-24(26-20-28(35(37,38)39)22-29(21-26)36(40,41)42)31(46)43-34(27-12-8-5-9-13-27)16-14-30(15-17-34)45-19-18-44(33(2,3)32(45)47)23-25-10-6-4-7-11-25/h4-13,20-22,24,30H,14-19,23H2,1-3H3,(H,43,46)/t24?,30-,34-. The Morgan fingerprint density at radius 1 is 0.851 bits per heavy atom. The summed E-state index contributed by atoms with van der Waals surface area (Å²) < 4.78 is 81.3. The maximum absolute atomic E-state index is 13.9. The fraction of sp³-hybridized carbons (Fsp3) is 0.444. The van der Waals surface area contributed by atoms with Crippen molar-refractivity contribution in [2.75, 3.05) is 13.1 Å². The van der Waals surface area contributed by atoms with Crippen molar-refractivity contribution in [2.24, 2.45) is 0 Å². The molecule has 0 bridgehead atoms. The van der Waals surface area contributed by atoms with Crippen molar-refractivity contribution in [1.82, 2.24) is 15.1 Å². The molecule has 1 N–H and O–H groups in total. The molecule has 0 radical (unpaired) electrons. The number of piperazine rings is 1. The number of nitrogens with zero attached hydrogens (tertiary/aromatic N) is 2. The number of hydrogen-bond acceptors (Lipinski definition) is 3. The second kappa shape index (κ2) is 13.0. The molecule has 2 aliphatic rings. The molecule has 252 valence electrons. The lowest BCUT2D eigenvalue weighted by Crippen LogP contribution is -2.65. The zero-order valence-corrected chi connectivity index (χ0v) is 26.6. The molecule has 1 unspecified atom stereocenters. The molecule has 0 spiro atoms. The topological polar surface area (TPSA) is 52.7 Å². The van der Waals surface area contributed by atoms with Crippen LogP contribution in [0.25, 0.3) is 0 Å². The zero-order valence-electron chi connectivity index (χ0n) is 26.6. The Morgan fingerprint density at radius 2 is 1.38 bits per heavy atom. The van der Waals surface area contributed by atoms with Crippen LogP contribution < -0.4 is 5.32 Å². The third-order valence-corrected chi connectivity index (χ3v) is 9.84. The monoisotopic (exact) mass is 659 g/mol. The van der Waals surface area contributed by atoms with E-state index < -0.39 is 46.4 Å². The highest BCUT2D eigenvalue weighted by molar-refractivity contribution is 5.87. The predicted octanol–water partition coefficient (Wildman–Crippen LogP) is 7.91. The van der Waals surface area contributed by atoms with Gasteiger partial charge in [0.15, 0.2) is 0 Å². The summed E-state index contributed by atoms with van der Waals surface area (Å²) >= 11 is 0. The van der Waals surface area contributed by atoms with Gasteiger partial charge in [-0.25, -0.2) is 0 Å². The van der Waals surface area contributed by atoms with Crippen molar-refractivity contribution in [3.63, 3.8) is 0 Å². The normalized spacial score (nSPS) is 23.0. The SMILES string of the molecule is CC(C(=O)N[C@]1(c2ccccc2)CC[C@@H](N2CCN(Cc3ccccc3)C(C)(C)C2=O)CC1)c1cc(C(F)(F)F)cc(C(F)(F)F)c1. The van der Waals surface area contributed by atoms with Gasteiger partial charge in [0.25, 0.3) is 0 Å². The van der Waals surface area contributed by atoms with Crippen LogP contribution in [0.4, 0.5) is 26.3 Å². The van der Waals surface area contributed by atoms with Gasteiger partial charge in [-0.05, 0) is 81.3 Å². The summed E-state index contributed by atoms with van der Waals surface area (Å²) in [6.45, 7) is 7.07. The van der Waals surface area contributed by atoms with E-state index in [0.717, 1.165) is 11.1 Å². The average Bonchev–Trinajstić information content (AvgIpc) is 3.03. The largest absolute Gasteiger partial charge is 0.416 e. The molecular formula is C36H39F6N3O2. The molecule has 1 heterocycles. The van der Waals surface area contributed by atoms with Crippen LogP contribution in [0.1, 0.15) is 80.2 Å². The van der Waals surface area contributed by atoms with Crippen LogP contribution in [0.15, 0.2) is 78.9 Å². The third kappa shape index (κ3) is 7.35. The molecule has 5 rings (SSSR count). The first-order valence-corrected chi connectivity index (χ1v) is 15.8. The van der Waals surface area contributed by atoms with E-state index in [4.69, 9.17) is 0 Å². The minimum Gasteiger partial charge on any atom is -0.346 e. The summed E-state index contributed by atoms with van der Waals surface area (Å²) in [4.78, 5) is 31.6. The molecule has 1 aliphatic heterocycles. The molecule has 0 aromatic heterocycles. The molecular weight excluding hydrogens is 620 g/mol. The van der Waals surface area contributed by atoms with E-state index in [2.05, 4.69) is 10.2 Å². The lowest BCUT2D eigenvalue weighted by atomic mass is 9.73. The van der Waals surface area contributed by atoms with Gasteiger partial charge in [0.05, 0.1) is 28.1 Å². The summed E-state index contributed by atoms with van der Waals surface area (Å²) in [7, 11) is 0. The predicted molar refractivity (Wildman–Crippen MR) is 166 cm³/mol. The van der Waals surface area contributed by atoms with Gasteiger partial charge in [0.2, 0.25) is 11.8 Å². The van der Waals surface area contributed by atoms with E-state index in [9.17, 15) is 35.9 Å². The zero-order chi connectivity index (χ0) is 34.2. The van der Waals surface area contributed by atoms with Crippen LogP contribution in [-0.4, -0.2) is 46.3 Å². The molecule has 5 nitrogen and oxygen atoms in total. The molecule has 47 heavy (non-hydrogen) atoms. The van der Waals surface area contributed by atoms with Crippen molar-refractivity contribution >= 4 is 11.8 Å². The lowest BCUT2D eigenvalue weighted by Gasteiger charge is -2.51. The molecule has 1 saturated carbocycles. The molecule has 3 aromatic carbocycles. The van der Waals surface area contributed by atoms with Crippen molar-refractivity contribution < 1.29 is 35.9 Å². The summed E-state index contributed by atoms with van der Waals surface area (Å²) in [6.07, 6.45) is -8.04. The quantitative estimate of drug-likeness (QED) is 0.263. The molecule has 2 amide bonds. The highest BCUT2D eigenvalue weighted by Crippen LogP contribution is 2.42. The first kappa shape index (κ1) is 34.5. The molecule has 1 saturated heterocycles. The number of halogens is 6. The van der Waals surface area contributed by atoms with E-state index in [0.29, 0.717) is 57.5 Å². The highest BCUT2D eigenvalue weighted by Gasteiger charge is 2.47. The number of alkyl halides is 6. The molecule has 11 heteroatoms. The van der Waals surface area contributed by atoms with Crippen LogP contribution in [0.2, 0.25) is 0 Å². The first-order chi connectivity index (χ1) is 22.0. The van der Waals surface area contributed by atoms with Gasteiger partial charge < -0.3 is 10.2 Å². The Hall–Kier alpha value is -3.86. The molecule has 2 fully saturated rings. The first-order valence-electron chi connectivity index (χ1n) is 15.8. The van der Waals surface area contributed by atoms with Crippen LogP contribution in [-0.2, 0) is 34.0 Å². The number of benzene rings is 3. The van der Waals surface area contributed by atoms with Crippen molar-refractivity contribution in [2.45, 2.75) is 88.4 Å². The Bertz CT molecular complexity index is 1530. The molecule has 1 aliphatic carbocycles. The number of hydrogen-bond donors (Lipinski definition) is 1. The highest BCUT2D eigenvalue weighted by atomic mass is 19.4. The fourth-order valence-corrected chi connectivity index (χ4v) is 6.90. The minimum absolute atomic E-state index is 0.0274. The van der Waals surface area contributed by atoms with Gasteiger partial charge in [-0.15, -0.1) is 0 Å². The van der Waals surface area contributed by atoms with Gasteiger partial charge >= 0.3 is 12.4 Å². The van der Waals surface area contributed by atoms with Gasteiger partial charge in [-0.2, -0.15) is 26.3 Å². The Kier molecular flexibility index (Phi) is 9.52. The van der Waals surface area contributed by atoms with E-state index in [-0.39, 0.29) is 23.6 Å².